The molecule has 0 bridgehead atoms. The van der Waals surface area contributed by atoms with Gasteiger partial charge >= 0.3 is 0 Å². The molecule has 2 heteroatoms. The Bertz CT molecular complexity index is 2870. The van der Waals surface area contributed by atoms with Crippen LogP contribution in [0.4, 0.5) is 17.1 Å². The summed E-state index contributed by atoms with van der Waals surface area (Å²) in [6.07, 6.45) is 0. The van der Waals surface area contributed by atoms with Gasteiger partial charge in [0.1, 0.15) is 11.2 Å². The molecule has 50 heavy (non-hydrogen) atoms. The van der Waals surface area contributed by atoms with Crippen molar-refractivity contribution < 1.29 is 4.42 Å². The van der Waals surface area contributed by atoms with E-state index in [2.05, 4.69) is 181 Å². The fourth-order valence-corrected chi connectivity index (χ4v) is 7.46. The predicted octanol–water partition coefficient (Wildman–Crippen LogP) is 13.8. The van der Waals surface area contributed by atoms with E-state index in [-0.39, 0.29) is 0 Å². The summed E-state index contributed by atoms with van der Waals surface area (Å²) in [6.45, 7) is 0. The van der Waals surface area contributed by atoms with Gasteiger partial charge in [0.15, 0.2) is 0 Å². The quantitative estimate of drug-likeness (QED) is 0.187. The predicted molar refractivity (Wildman–Crippen MR) is 212 cm³/mol. The van der Waals surface area contributed by atoms with Gasteiger partial charge in [-0.2, -0.15) is 0 Å². The van der Waals surface area contributed by atoms with E-state index >= 15 is 0 Å². The molecule has 0 fully saturated rings. The Labute approximate surface area is 290 Å². The fraction of sp³-hybridized carbons (Fsp3) is 0. The highest BCUT2D eigenvalue weighted by Gasteiger charge is 2.18. The molecule has 0 spiro atoms. The second-order valence-electron chi connectivity index (χ2n) is 13.0. The monoisotopic (exact) mass is 637 g/mol. The summed E-state index contributed by atoms with van der Waals surface area (Å²) in [7, 11) is 0. The van der Waals surface area contributed by atoms with Gasteiger partial charge in [-0.25, -0.2) is 0 Å². The van der Waals surface area contributed by atoms with E-state index in [1.54, 1.807) is 0 Å². The molecule has 10 aromatic rings. The lowest BCUT2D eigenvalue weighted by atomic mass is 9.97. The van der Waals surface area contributed by atoms with Crippen molar-refractivity contribution in [3.8, 4) is 22.3 Å². The van der Waals surface area contributed by atoms with Crippen LogP contribution in [0.25, 0.3) is 76.5 Å². The number of hydrogen-bond acceptors (Lipinski definition) is 2. The highest BCUT2D eigenvalue weighted by molar-refractivity contribution is 6.08. The van der Waals surface area contributed by atoms with Crippen LogP contribution in [0, 0.1) is 0 Å². The SMILES string of the molecule is c1ccc2cc(-c3ccc(-c4ccc5ccc(N(c6ccc7oc8ccccc8c7c6)c6cccc7ccccc67)cc5c4)cc3)ccc2c1. The Kier molecular flexibility index (Phi) is 6.53. The molecule has 1 heterocycles. The lowest BCUT2D eigenvalue weighted by Gasteiger charge is -2.27. The maximum Gasteiger partial charge on any atom is 0.135 e. The van der Waals surface area contributed by atoms with Crippen LogP contribution in [0.15, 0.2) is 192 Å². The van der Waals surface area contributed by atoms with Crippen molar-refractivity contribution in [3.05, 3.63) is 188 Å². The second kappa shape index (κ2) is 11.5. The maximum atomic E-state index is 6.21. The molecule has 0 atom stereocenters. The van der Waals surface area contributed by atoms with Gasteiger partial charge in [0, 0.05) is 27.5 Å². The minimum absolute atomic E-state index is 0.891. The van der Waals surface area contributed by atoms with Gasteiger partial charge in [-0.1, -0.05) is 133 Å². The number of nitrogens with zero attached hydrogens (tertiary/aromatic N) is 1. The third kappa shape index (κ3) is 4.81. The van der Waals surface area contributed by atoms with Gasteiger partial charge in [-0.3, -0.25) is 0 Å². The molecule has 0 aliphatic heterocycles. The number of hydrogen-bond donors (Lipinski definition) is 0. The summed E-state index contributed by atoms with van der Waals surface area (Å²) >= 11 is 0. The third-order valence-electron chi connectivity index (χ3n) is 10.0. The number of fused-ring (bicyclic) bond motifs is 6. The topological polar surface area (TPSA) is 16.4 Å². The van der Waals surface area contributed by atoms with Crippen molar-refractivity contribution >= 4 is 71.3 Å². The molecule has 0 aliphatic carbocycles. The largest absolute Gasteiger partial charge is 0.456 e. The molecule has 0 amide bonds. The standard InChI is InChI=1S/C48H31NO/c1-2-10-37-28-38(22-20-32(37)8-1)33-16-18-34(19-17-33)39-23-21-35-24-25-41(30-40(35)29-39)49(46-14-7-11-36-9-3-4-12-43(36)46)42-26-27-48-45(31-42)44-13-5-6-15-47(44)50-48/h1-31H. The Hall–Kier alpha value is -6.64. The van der Waals surface area contributed by atoms with Gasteiger partial charge < -0.3 is 9.32 Å². The smallest absolute Gasteiger partial charge is 0.135 e. The zero-order valence-corrected chi connectivity index (χ0v) is 27.3. The van der Waals surface area contributed by atoms with Crippen LogP contribution in [0.5, 0.6) is 0 Å². The molecule has 234 valence electrons. The summed E-state index contributed by atoms with van der Waals surface area (Å²) in [5.41, 5.74) is 9.96. The van der Waals surface area contributed by atoms with Crippen molar-refractivity contribution in [3.63, 3.8) is 0 Å². The first kappa shape index (κ1) is 28.4. The van der Waals surface area contributed by atoms with Crippen molar-refractivity contribution in [2.24, 2.45) is 0 Å². The first-order valence-electron chi connectivity index (χ1n) is 17.1. The van der Waals surface area contributed by atoms with Crippen LogP contribution in [0.3, 0.4) is 0 Å². The van der Waals surface area contributed by atoms with Crippen LogP contribution in [-0.4, -0.2) is 0 Å². The molecular weight excluding hydrogens is 607 g/mol. The molecule has 10 rings (SSSR count). The van der Waals surface area contributed by atoms with Gasteiger partial charge in [-0.15, -0.1) is 0 Å². The Balaban J connectivity index is 1.08. The molecular formula is C48H31NO. The molecule has 2 nitrogen and oxygen atoms in total. The summed E-state index contributed by atoms with van der Waals surface area (Å²) in [5, 5.41) is 9.56. The molecule has 9 aromatic carbocycles. The Morgan fingerprint density at radius 2 is 0.840 bits per heavy atom. The number of anilines is 3. The maximum absolute atomic E-state index is 6.21. The molecule has 1 aromatic heterocycles. The van der Waals surface area contributed by atoms with E-state index in [0.29, 0.717) is 0 Å². The van der Waals surface area contributed by atoms with E-state index in [1.165, 1.54) is 54.6 Å². The van der Waals surface area contributed by atoms with Crippen LogP contribution in [-0.2, 0) is 0 Å². The van der Waals surface area contributed by atoms with Crippen molar-refractivity contribution in [2.75, 3.05) is 4.90 Å². The molecule has 0 saturated heterocycles. The molecule has 0 radical (unpaired) electrons. The summed E-state index contributed by atoms with van der Waals surface area (Å²) < 4.78 is 6.21. The number of rotatable bonds is 5. The van der Waals surface area contributed by atoms with E-state index in [1.807, 2.05) is 12.1 Å². The summed E-state index contributed by atoms with van der Waals surface area (Å²) in [5.74, 6) is 0. The highest BCUT2D eigenvalue weighted by atomic mass is 16.3. The molecule has 0 aliphatic rings. The van der Waals surface area contributed by atoms with Crippen LogP contribution >= 0.6 is 0 Å². The van der Waals surface area contributed by atoms with Crippen molar-refractivity contribution in [1.82, 2.24) is 0 Å². The van der Waals surface area contributed by atoms with E-state index in [4.69, 9.17) is 4.42 Å². The van der Waals surface area contributed by atoms with Gasteiger partial charge in [0.05, 0.1) is 5.69 Å². The van der Waals surface area contributed by atoms with Gasteiger partial charge in [-0.05, 0) is 104 Å². The molecule has 0 unspecified atom stereocenters. The van der Waals surface area contributed by atoms with E-state index in [9.17, 15) is 0 Å². The van der Waals surface area contributed by atoms with Gasteiger partial charge in [0.25, 0.3) is 0 Å². The normalized spacial score (nSPS) is 11.6. The summed E-state index contributed by atoms with van der Waals surface area (Å²) in [6, 6.07) is 67.7. The lowest BCUT2D eigenvalue weighted by Crippen LogP contribution is -2.10. The minimum atomic E-state index is 0.891. The zero-order chi connectivity index (χ0) is 33.0. The minimum Gasteiger partial charge on any atom is -0.456 e. The number of para-hydroxylation sites is 1. The van der Waals surface area contributed by atoms with Gasteiger partial charge in [0.2, 0.25) is 0 Å². The fourth-order valence-electron chi connectivity index (χ4n) is 7.46. The second-order valence-corrected chi connectivity index (χ2v) is 13.0. The molecule has 0 N–H and O–H groups in total. The van der Waals surface area contributed by atoms with E-state index < -0.39 is 0 Å². The molecule has 0 saturated carbocycles. The van der Waals surface area contributed by atoms with Crippen LogP contribution in [0.1, 0.15) is 0 Å². The average Bonchev–Trinajstić information content (AvgIpc) is 3.56. The van der Waals surface area contributed by atoms with Crippen LogP contribution < -0.4 is 4.90 Å². The number of furan rings is 1. The first-order valence-corrected chi connectivity index (χ1v) is 17.1. The van der Waals surface area contributed by atoms with Crippen LogP contribution in [0.2, 0.25) is 0 Å². The van der Waals surface area contributed by atoms with Crippen molar-refractivity contribution in [2.45, 2.75) is 0 Å². The zero-order valence-electron chi connectivity index (χ0n) is 27.3. The average molecular weight is 638 g/mol. The van der Waals surface area contributed by atoms with Crippen molar-refractivity contribution in [1.29, 1.82) is 0 Å². The third-order valence-corrected chi connectivity index (χ3v) is 10.0. The summed E-state index contributed by atoms with van der Waals surface area (Å²) in [4.78, 5) is 2.38. The number of benzene rings is 9. The highest BCUT2D eigenvalue weighted by Crippen LogP contribution is 2.42. The van der Waals surface area contributed by atoms with E-state index in [0.717, 1.165) is 39.0 Å². The lowest BCUT2D eigenvalue weighted by molar-refractivity contribution is 0.669. The Morgan fingerprint density at radius 1 is 0.300 bits per heavy atom. The first-order chi connectivity index (χ1) is 24.7. The Morgan fingerprint density at radius 3 is 1.64 bits per heavy atom.